The summed E-state index contributed by atoms with van der Waals surface area (Å²) in [6.45, 7) is 0. The van der Waals surface area contributed by atoms with Crippen LogP contribution in [-0.2, 0) is 0 Å². The second-order valence-corrected chi connectivity index (χ2v) is 4.09. The van der Waals surface area contributed by atoms with Gasteiger partial charge in [0.05, 0.1) is 7.11 Å². The van der Waals surface area contributed by atoms with Crippen LogP contribution in [0.15, 0.2) is 42.5 Å². The number of ketones is 2. The third-order valence-electron chi connectivity index (χ3n) is 3.14. The normalized spacial score (nSPS) is 12.9. The molecule has 0 saturated carbocycles. The number of carbonyl (C=O) groups excluding carboxylic acids is 2. The summed E-state index contributed by atoms with van der Waals surface area (Å²) in [6.07, 6.45) is 0. The summed E-state index contributed by atoms with van der Waals surface area (Å²) in [4.78, 5) is 24.0. The lowest BCUT2D eigenvalue weighted by Gasteiger charge is -2.19. The zero-order valence-corrected chi connectivity index (χ0v) is 9.77. The fraction of sp³-hybridized carbons (Fsp3) is 0.0667. The quantitative estimate of drug-likeness (QED) is 0.717. The zero-order valence-electron chi connectivity index (χ0n) is 9.77. The highest BCUT2D eigenvalue weighted by Gasteiger charge is 2.31. The molecule has 3 nitrogen and oxygen atoms in total. The van der Waals surface area contributed by atoms with Crippen LogP contribution in [0, 0.1) is 0 Å². The Bertz CT molecular complexity index is 671. The molecule has 0 aromatic heterocycles. The number of benzene rings is 2. The largest absolute Gasteiger partial charge is 0.496 e. The number of hydrogen-bond acceptors (Lipinski definition) is 3. The molecule has 3 rings (SSSR count). The van der Waals surface area contributed by atoms with E-state index in [1.165, 1.54) is 0 Å². The topological polar surface area (TPSA) is 43.4 Å². The van der Waals surface area contributed by atoms with E-state index < -0.39 is 11.6 Å². The minimum Gasteiger partial charge on any atom is -0.496 e. The zero-order chi connectivity index (χ0) is 12.7. The van der Waals surface area contributed by atoms with Gasteiger partial charge in [-0.05, 0) is 11.6 Å². The van der Waals surface area contributed by atoms with Crippen molar-refractivity contribution in [2.24, 2.45) is 0 Å². The van der Waals surface area contributed by atoms with Crippen molar-refractivity contribution in [1.82, 2.24) is 0 Å². The lowest BCUT2D eigenvalue weighted by molar-refractivity contribution is 0.0815. The molecule has 0 bridgehead atoms. The van der Waals surface area contributed by atoms with Crippen LogP contribution < -0.4 is 4.74 Å². The Morgan fingerprint density at radius 2 is 1.39 bits per heavy atom. The molecule has 0 saturated heterocycles. The van der Waals surface area contributed by atoms with E-state index in [0.29, 0.717) is 22.4 Å². The Morgan fingerprint density at radius 3 is 2.11 bits per heavy atom. The third-order valence-corrected chi connectivity index (χ3v) is 3.14. The number of carbonyl (C=O) groups is 2. The van der Waals surface area contributed by atoms with Crippen LogP contribution in [-0.4, -0.2) is 18.7 Å². The van der Waals surface area contributed by atoms with E-state index in [0.717, 1.165) is 5.56 Å². The van der Waals surface area contributed by atoms with Crippen LogP contribution in [0.2, 0.25) is 0 Å². The van der Waals surface area contributed by atoms with Crippen molar-refractivity contribution in [3.8, 4) is 16.9 Å². The van der Waals surface area contributed by atoms with Gasteiger partial charge in [0.2, 0.25) is 11.6 Å². The lowest BCUT2D eigenvalue weighted by Crippen LogP contribution is -2.21. The Labute approximate surface area is 104 Å². The molecule has 3 heteroatoms. The minimum atomic E-state index is -0.470. The van der Waals surface area contributed by atoms with Gasteiger partial charge < -0.3 is 4.74 Å². The number of fused-ring (bicyclic) bond motifs is 3. The molecule has 0 atom stereocenters. The van der Waals surface area contributed by atoms with Crippen molar-refractivity contribution in [2.75, 3.05) is 7.11 Å². The molecule has 0 heterocycles. The van der Waals surface area contributed by atoms with Gasteiger partial charge in [0.25, 0.3) is 0 Å². The maximum atomic E-state index is 12.0. The van der Waals surface area contributed by atoms with Gasteiger partial charge in [-0.1, -0.05) is 36.4 Å². The summed E-state index contributed by atoms with van der Waals surface area (Å²) in [5.41, 5.74) is 2.33. The highest BCUT2D eigenvalue weighted by Crippen LogP contribution is 2.39. The second-order valence-electron chi connectivity index (χ2n) is 4.09. The van der Waals surface area contributed by atoms with Gasteiger partial charge in [-0.2, -0.15) is 0 Å². The number of ether oxygens (including phenoxy) is 1. The lowest BCUT2D eigenvalue weighted by atomic mass is 9.83. The summed E-state index contributed by atoms with van der Waals surface area (Å²) in [7, 11) is 1.55. The van der Waals surface area contributed by atoms with E-state index in [1.807, 2.05) is 12.1 Å². The highest BCUT2D eigenvalue weighted by molar-refractivity contribution is 6.53. The predicted octanol–water partition coefficient (Wildman–Crippen LogP) is 2.74. The van der Waals surface area contributed by atoms with Gasteiger partial charge in [0.1, 0.15) is 5.75 Å². The Hall–Kier alpha value is -2.42. The van der Waals surface area contributed by atoms with Gasteiger partial charge in [0.15, 0.2) is 0 Å². The maximum Gasteiger partial charge on any atom is 0.234 e. The second kappa shape index (κ2) is 3.81. The van der Waals surface area contributed by atoms with E-state index in [9.17, 15) is 9.59 Å². The van der Waals surface area contributed by atoms with E-state index in [4.69, 9.17) is 4.74 Å². The summed E-state index contributed by atoms with van der Waals surface area (Å²) in [5.74, 6) is -0.310. The third kappa shape index (κ3) is 1.31. The number of Topliss-reactive ketones (excluding diaryl/α,β-unsaturated/α-hetero) is 2. The van der Waals surface area contributed by atoms with Crippen LogP contribution in [0.25, 0.3) is 11.1 Å². The molecule has 2 aromatic carbocycles. The first kappa shape index (κ1) is 10.7. The number of hydrogen-bond donors (Lipinski definition) is 0. The fourth-order valence-corrected chi connectivity index (χ4v) is 2.31. The molecule has 0 radical (unpaired) electrons. The van der Waals surface area contributed by atoms with E-state index in [2.05, 4.69) is 0 Å². The molecule has 2 aromatic rings. The molecule has 0 N–H and O–H groups in total. The molecule has 88 valence electrons. The minimum absolute atomic E-state index is 0.415. The molecule has 0 fully saturated rings. The van der Waals surface area contributed by atoms with Gasteiger partial charge in [-0.15, -0.1) is 0 Å². The molecule has 1 aliphatic rings. The first-order valence-corrected chi connectivity index (χ1v) is 5.59. The molecule has 1 aliphatic carbocycles. The van der Waals surface area contributed by atoms with E-state index >= 15 is 0 Å². The van der Waals surface area contributed by atoms with Crippen molar-refractivity contribution in [2.45, 2.75) is 0 Å². The Balaban J connectivity index is 2.42. The van der Waals surface area contributed by atoms with Crippen molar-refractivity contribution in [3.63, 3.8) is 0 Å². The molecule has 18 heavy (non-hydrogen) atoms. The SMILES string of the molecule is COc1cccc2c1-c1ccccc1C(=O)C2=O. The fourth-order valence-electron chi connectivity index (χ4n) is 2.31. The monoisotopic (exact) mass is 238 g/mol. The van der Waals surface area contributed by atoms with E-state index in [1.54, 1.807) is 37.4 Å². The number of methoxy groups -OCH3 is 1. The van der Waals surface area contributed by atoms with Crippen molar-refractivity contribution >= 4 is 11.6 Å². The first-order chi connectivity index (χ1) is 8.74. The summed E-state index contributed by atoms with van der Waals surface area (Å²) >= 11 is 0. The van der Waals surface area contributed by atoms with Crippen LogP contribution in [0.4, 0.5) is 0 Å². The Morgan fingerprint density at radius 1 is 0.778 bits per heavy atom. The standard InChI is InChI=1S/C15H10O3/c1-18-12-8-4-7-11-13(12)9-5-2-3-6-10(9)14(16)15(11)17/h2-8H,1H3. The molecule has 0 spiro atoms. The van der Waals surface area contributed by atoms with Crippen molar-refractivity contribution in [3.05, 3.63) is 53.6 Å². The Kier molecular flexibility index (Phi) is 2.27. The number of rotatable bonds is 1. The van der Waals surface area contributed by atoms with E-state index in [-0.39, 0.29) is 0 Å². The maximum absolute atomic E-state index is 12.0. The van der Waals surface area contributed by atoms with Crippen LogP contribution in [0.1, 0.15) is 20.7 Å². The average Bonchev–Trinajstić information content (AvgIpc) is 2.44. The van der Waals surface area contributed by atoms with Crippen molar-refractivity contribution in [1.29, 1.82) is 0 Å². The summed E-state index contributed by atoms with van der Waals surface area (Å²) in [5, 5.41) is 0. The molecule has 0 amide bonds. The summed E-state index contributed by atoms with van der Waals surface area (Å²) < 4.78 is 5.29. The molecule has 0 unspecified atom stereocenters. The highest BCUT2D eigenvalue weighted by atomic mass is 16.5. The first-order valence-electron chi connectivity index (χ1n) is 5.59. The van der Waals surface area contributed by atoms with Gasteiger partial charge in [-0.3, -0.25) is 9.59 Å². The van der Waals surface area contributed by atoms with Crippen LogP contribution >= 0.6 is 0 Å². The molecular weight excluding hydrogens is 228 g/mol. The predicted molar refractivity (Wildman–Crippen MR) is 67.1 cm³/mol. The average molecular weight is 238 g/mol. The van der Waals surface area contributed by atoms with Gasteiger partial charge >= 0.3 is 0 Å². The summed E-state index contributed by atoms with van der Waals surface area (Å²) in [6, 6.07) is 12.3. The van der Waals surface area contributed by atoms with Gasteiger partial charge in [0, 0.05) is 16.7 Å². The van der Waals surface area contributed by atoms with Crippen LogP contribution in [0.3, 0.4) is 0 Å². The molecule has 0 aliphatic heterocycles. The molecular formula is C15H10O3. The smallest absolute Gasteiger partial charge is 0.234 e. The van der Waals surface area contributed by atoms with Crippen molar-refractivity contribution < 1.29 is 14.3 Å². The van der Waals surface area contributed by atoms with Crippen LogP contribution in [0.5, 0.6) is 5.75 Å². The van der Waals surface area contributed by atoms with Gasteiger partial charge in [-0.25, -0.2) is 0 Å².